The van der Waals surface area contributed by atoms with Crippen molar-refractivity contribution in [2.45, 2.75) is 12.5 Å². The molecule has 1 aromatic rings. The highest BCUT2D eigenvalue weighted by Crippen LogP contribution is 2.23. The third-order valence-corrected chi connectivity index (χ3v) is 3.59. The quantitative estimate of drug-likeness (QED) is 0.711. The van der Waals surface area contributed by atoms with Crippen molar-refractivity contribution in [3.8, 4) is 0 Å². The molecule has 0 aliphatic carbocycles. The molecule has 20 heavy (non-hydrogen) atoms. The highest BCUT2D eigenvalue weighted by molar-refractivity contribution is 9.11. The average Bonchev–Trinajstić information content (AvgIpc) is 2.38. The lowest BCUT2D eigenvalue weighted by Gasteiger charge is -2.15. The molecule has 1 unspecified atom stereocenters. The smallest absolute Gasteiger partial charge is 0.408 e. The van der Waals surface area contributed by atoms with Crippen molar-refractivity contribution in [3.05, 3.63) is 45.4 Å². The van der Waals surface area contributed by atoms with Gasteiger partial charge in [-0.3, -0.25) is 0 Å². The van der Waals surface area contributed by atoms with Crippen molar-refractivity contribution in [3.63, 3.8) is 0 Å². The van der Waals surface area contributed by atoms with Gasteiger partial charge in [0.25, 0.3) is 0 Å². The third kappa shape index (κ3) is 5.34. The van der Waals surface area contributed by atoms with E-state index in [1.807, 2.05) is 6.07 Å². The van der Waals surface area contributed by atoms with Crippen LogP contribution < -0.4 is 5.32 Å². The Morgan fingerprint density at radius 2 is 2.15 bits per heavy atom. The number of rotatable bonds is 6. The first-order chi connectivity index (χ1) is 9.43. The SMILES string of the molecule is C=CCOC(=O)NC(Cc1ccc(Br)cc1Br)C(=O)O. The fraction of sp³-hybridized carbons (Fsp3) is 0.231. The van der Waals surface area contributed by atoms with Gasteiger partial charge in [-0.25, -0.2) is 9.59 Å². The molecule has 0 aliphatic heterocycles. The van der Waals surface area contributed by atoms with Gasteiger partial charge in [-0.1, -0.05) is 50.6 Å². The van der Waals surface area contributed by atoms with E-state index in [2.05, 4.69) is 43.8 Å². The van der Waals surface area contributed by atoms with Gasteiger partial charge < -0.3 is 15.2 Å². The fourth-order valence-electron chi connectivity index (χ4n) is 1.43. The van der Waals surface area contributed by atoms with Crippen LogP contribution in [0, 0.1) is 0 Å². The van der Waals surface area contributed by atoms with E-state index >= 15 is 0 Å². The molecule has 108 valence electrons. The van der Waals surface area contributed by atoms with Gasteiger partial charge in [0.15, 0.2) is 0 Å². The number of ether oxygens (including phenoxy) is 1. The van der Waals surface area contributed by atoms with Crippen molar-refractivity contribution in [2.24, 2.45) is 0 Å². The first-order valence-electron chi connectivity index (χ1n) is 5.65. The Hall–Kier alpha value is -1.34. The first-order valence-corrected chi connectivity index (χ1v) is 7.23. The zero-order valence-electron chi connectivity index (χ0n) is 10.4. The van der Waals surface area contributed by atoms with Crippen LogP contribution in [0.2, 0.25) is 0 Å². The monoisotopic (exact) mass is 405 g/mol. The van der Waals surface area contributed by atoms with Crippen LogP contribution >= 0.6 is 31.9 Å². The van der Waals surface area contributed by atoms with Gasteiger partial charge in [-0.2, -0.15) is 0 Å². The van der Waals surface area contributed by atoms with Crippen LogP contribution in [0.15, 0.2) is 39.8 Å². The summed E-state index contributed by atoms with van der Waals surface area (Å²) < 4.78 is 6.35. The molecule has 0 aromatic heterocycles. The van der Waals surface area contributed by atoms with Crippen LogP contribution in [0.25, 0.3) is 0 Å². The average molecular weight is 407 g/mol. The van der Waals surface area contributed by atoms with E-state index in [9.17, 15) is 9.59 Å². The summed E-state index contributed by atoms with van der Waals surface area (Å²) in [4.78, 5) is 22.6. The van der Waals surface area contributed by atoms with E-state index in [-0.39, 0.29) is 13.0 Å². The molecule has 1 amide bonds. The fourth-order valence-corrected chi connectivity index (χ4v) is 2.63. The number of halogens is 2. The molecule has 0 saturated heterocycles. The lowest BCUT2D eigenvalue weighted by molar-refractivity contribution is -0.139. The second-order valence-corrected chi connectivity index (χ2v) is 5.63. The zero-order chi connectivity index (χ0) is 15.1. The predicted molar refractivity (Wildman–Crippen MR) is 81.7 cm³/mol. The van der Waals surface area contributed by atoms with Gasteiger partial charge in [0.2, 0.25) is 0 Å². The van der Waals surface area contributed by atoms with Crippen LogP contribution in [0.1, 0.15) is 5.56 Å². The predicted octanol–water partition coefficient (Wildman–Crippen LogP) is 3.12. The molecule has 0 aliphatic rings. The van der Waals surface area contributed by atoms with Crippen molar-refractivity contribution >= 4 is 43.9 Å². The largest absolute Gasteiger partial charge is 0.480 e. The summed E-state index contributed by atoms with van der Waals surface area (Å²) in [5, 5.41) is 11.4. The maximum Gasteiger partial charge on any atom is 0.408 e. The Balaban J connectivity index is 2.74. The maximum absolute atomic E-state index is 11.4. The number of benzene rings is 1. The summed E-state index contributed by atoms with van der Waals surface area (Å²) in [6.45, 7) is 3.43. The minimum Gasteiger partial charge on any atom is -0.480 e. The summed E-state index contributed by atoms with van der Waals surface area (Å²) in [5.74, 6) is -1.13. The van der Waals surface area contributed by atoms with Crippen molar-refractivity contribution in [1.29, 1.82) is 0 Å². The number of hydrogen-bond donors (Lipinski definition) is 2. The summed E-state index contributed by atoms with van der Waals surface area (Å²) in [6, 6.07) is 4.32. The number of amides is 1. The number of carboxylic acid groups (broad SMARTS) is 1. The lowest BCUT2D eigenvalue weighted by atomic mass is 10.1. The molecule has 7 heteroatoms. The number of nitrogens with one attached hydrogen (secondary N) is 1. The first kappa shape index (κ1) is 16.7. The lowest BCUT2D eigenvalue weighted by Crippen LogP contribution is -2.42. The van der Waals surface area contributed by atoms with E-state index < -0.39 is 18.1 Å². The Labute approximate surface area is 133 Å². The van der Waals surface area contributed by atoms with Crippen LogP contribution in [0.4, 0.5) is 4.79 Å². The number of alkyl carbamates (subject to hydrolysis) is 1. The molecule has 1 atom stereocenters. The normalized spacial score (nSPS) is 11.5. The number of carbonyl (C=O) groups excluding carboxylic acids is 1. The van der Waals surface area contributed by atoms with E-state index in [4.69, 9.17) is 9.84 Å². The third-order valence-electron chi connectivity index (χ3n) is 2.36. The summed E-state index contributed by atoms with van der Waals surface area (Å²) in [7, 11) is 0. The van der Waals surface area contributed by atoms with Crippen molar-refractivity contribution < 1.29 is 19.4 Å². The topological polar surface area (TPSA) is 75.6 Å². The molecule has 5 nitrogen and oxygen atoms in total. The summed E-state index contributed by atoms with van der Waals surface area (Å²) in [6.07, 6.45) is 0.762. The number of hydrogen-bond acceptors (Lipinski definition) is 3. The van der Waals surface area contributed by atoms with Gasteiger partial charge in [0.1, 0.15) is 12.6 Å². The zero-order valence-corrected chi connectivity index (χ0v) is 13.6. The van der Waals surface area contributed by atoms with Gasteiger partial charge in [-0.05, 0) is 17.7 Å². The highest BCUT2D eigenvalue weighted by Gasteiger charge is 2.22. The summed E-state index contributed by atoms with van der Waals surface area (Å²) in [5.41, 5.74) is 0.768. The van der Waals surface area contributed by atoms with Gasteiger partial charge in [-0.15, -0.1) is 0 Å². The number of aliphatic carboxylic acids is 1. The van der Waals surface area contributed by atoms with E-state index in [1.165, 1.54) is 6.08 Å². The minimum atomic E-state index is -1.13. The molecule has 0 heterocycles. The molecular weight excluding hydrogens is 394 g/mol. The Bertz CT molecular complexity index is 519. The second-order valence-electron chi connectivity index (χ2n) is 3.86. The molecule has 2 N–H and O–H groups in total. The second kappa shape index (κ2) is 8.06. The minimum absolute atomic E-state index is 0.0279. The molecule has 1 rings (SSSR count). The van der Waals surface area contributed by atoms with E-state index in [0.717, 1.165) is 14.5 Å². The molecule has 0 saturated carbocycles. The number of carboxylic acids is 1. The van der Waals surface area contributed by atoms with Crippen LogP contribution in [-0.2, 0) is 16.0 Å². The molecule has 0 bridgehead atoms. The summed E-state index contributed by atoms with van der Waals surface area (Å²) >= 11 is 6.67. The van der Waals surface area contributed by atoms with Gasteiger partial charge in [0, 0.05) is 15.4 Å². The Morgan fingerprint density at radius 1 is 1.45 bits per heavy atom. The molecule has 0 fully saturated rings. The standard InChI is InChI=1S/C13H13Br2NO4/c1-2-5-20-13(19)16-11(12(17)18)6-8-3-4-9(14)7-10(8)15/h2-4,7,11H,1,5-6H2,(H,16,19)(H,17,18). The molecule has 0 spiro atoms. The van der Waals surface area contributed by atoms with E-state index in [0.29, 0.717) is 0 Å². The molecular formula is C13H13Br2NO4. The van der Waals surface area contributed by atoms with Crippen molar-refractivity contribution in [1.82, 2.24) is 5.32 Å². The molecule has 0 radical (unpaired) electrons. The number of carbonyl (C=O) groups is 2. The van der Waals surface area contributed by atoms with Crippen LogP contribution in [-0.4, -0.2) is 29.8 Å². The van der Waals surface area contributed by atoms with Crippen LogP contribution in [0.5, 0.6) is 0 Å². The van der Waals surface area contributed by atoms with Crippen LogP contribution in [0.3, 0.4) is 0 Å². The van der Waals surface area contributed by atoms with Gasteiger partial charge in [0.05, 0.1) is 0 Å². The van der Waals surface area contributed by atoms with Gasteiger partial charge >= 0.3 is 12.1 Å². The Kier molecular flexibility index (Phi) is 6.74. The van der Waals surface area contributed by atoms with E-state index in [1.54, 1.807) is 12.1 Å². The van der Waals surface area contributed by atoms with Crippen molar-refractivity contribution in [2.75, 3.05) is 6.61 Å². The Morgan fingerprint density at radius 3 is 2.70 bits per heavy atom. The highest BCUT2D eigenvalue weighted by atomic mass is 79.9. The molecule has 1 aromatic carbocycles. The maximum atomic E-state index is 11.4.